The van der Waals surface area contributed by atoms with Crippen LogP contribution in [0.1, 0.15) is 33.6 Å². The lowest BCUT2D eigenvalue weighted by Crippen LogP contribution is -2.33. The van der Waals surface area contributed by atoms with Gasteiger partial charge in [-0.1, -0.05) is 12.1 Å². The zero-order valence-electron chi connectivity index (χ0n) is 11.3. The van der Waals surface area contributed by atoms with E-state index in [1.807, 2.05) is 23.5 Å². The van der Waals surface area contributed by atoms with Gasteiger partial charge in [0.25, 0.3) is 0 Å². The van der Waals surface area contributed by atoms with Crippen LogP contribution in [0.2, 0.25) is 0 Å². The van der Waals surface area contributed by atoms with Crippen LogP contribution in [-0.2, 0) is 0 Å². The summed E-state index contributed by atoms with van der Waals surface area (Å²) in [5.41, 5.74) is 1.10. The van der Waals surface area contributed by atoms with Crippen molar-refractivity contribution >= 4 is 27.3 Å². The Balaban J connectivity index is 1.95. The van der Waals surface area contributed by atoms with E-state index in [4.69, 9.17) is 0 Å². The van der Waals surface area contributed by atoms with Crippen molar-refractivity contribution < 1.29 is 4.39 Å². The number of hydrogen-bond donors (Lipinski definition) is 1. The maximum absolute atomic E-state index is 13.5. The lowest BCUT2D eigenvalue weighted by atomic mass is 9.80. The van der Waals surface area contributed by atoms with E-state index in [-0.39, 0.29) is 5.82 Å². The first kappa shape index (κ1) is 14.2. The van der Waals surface area contributed by atoms with E-state index in [0.717, 1.165) is 25.1 Å². The number of nitrogens with one attached hydrogen (secondary N) is 1. The summed E-state index contributed by atoms with van der Waals surface area (Å²) in [6, 6.07) is 9.29. The predicted molar refractivity (Wildman–Crippen MR) is 86.1 cm³/mol. The third kappa shape index (κ3) is 2.83. The number of halogens is 2. The Bertz CT molecular complexity index is 591. The number of hydrogen-bond acceptors (Lipinski definition) is 2. The van der Waals surface area contributed by atoms with E-state index in [9.17, 15) is 4.39 Å². The molecule has 1 N–H and O–H groups in total. The average molecular weight is 354 g/mol. The zero-order valence-corrected chi connectivity index (χ0v) is 13.7. The molecule has 2 unspecified atom stereocenters. The molecule has 0 amide bonds. The highest BCUT2D eigenvalue weighted by Gasteiger charge is 2.29. The molecule has 1 aromatic heterocycles. The molecule has 2 heterocycles. The van der Waals surface area contributed by atoms with Crippen molar-refractivity contribution in [2.24, 2.45) is 0 Å². The maximum Gasteiger partial charge on any atom is 0.123 e. The molecule has 1 aliphatic heterocycles. The summed E-state index contributed by atoms with van der Waals surface area (Å²) in [6.07, 6.45) is 1.10. The van der Waals surface area contributed by atoms with Crippen molar-refractivity contribution in [2.45, 2.75) is 25.2 Å². The van der Waals surface area contributed by atoms with Crippen molar-refractivity contribution in [3.8, 4) is 0 Å². The number of aryl methyl sites for hydroxylation is 1. The molecular formula is C16H17BrFNS. The summed E-state index contributed by atoms with van der Waals surface area (Å²) in [5, 5.41) is 3.44. The number of piperidine rings is 1. The highest BCUT2D eigenvalue weighted by molar-refractivity contribution is 9.10. The second kappa shape index (κ2) is 5.96. The van der Waals surface area contributed by atoms with Crippen molar-refractivity contribution in [3.63, 3.8) is 0 Å². The molecule has 1 aromatic carbocycles. The number of benzene rings is 1. The fourth-order valence-electron chi connectivity index (χ4n) is 2.95. The third-order valence-corrected chi connectivity index (χ3v) is 6.27. The average Bonchev–Trinajstić information content (AvgIpc) is 2.79. The van der Waals surface area contributed by atoms with E-state index in [2.05, 4.69) is 34.2 Å². The minimum absolute atomic E-state index is 0.143. The Morgan fingerprint density at radius 2 is 2.15 bits per heavy atom. The standard InChI is InChI=1S/C16H17BrFNS/c1-10-15(17)8-16(20-10)13-5-6-19-9-14(13)11-3-2-4-12(18)7-11/h2-4,7-8,13-14,19H,5-6,9H2,1H3. The van der Waals surface area contributed by atoms with Gasteiger partial charge in [-0.15, -0.1) is 11.3 Å². The van der Waals surface area contributed by atoms with Gasteiger partial charge in [-0.2, -0.15) is 0 Å². The molecule has 0 bridgehead atoms. The molecule has 0 saturated carbocycles. The third-order valence-electron chi connectivity index (χ3n) is 4.00. The Labute approximate surface area is 131 Å². The first-order chi connectivity index (χ1) is 9.65. The SMILES string of the molecule is Cc1sc(C2CCNCC2c2cccc(F)c2)cc1Br. The smallest absolute Gasteiger partial charge is 0.123 e. The fraction of sp³-hybridized carbons (Fsp3) is 0.375. The van der Waals surface area contributed by atoms with Crippen LogP contribution >= 0.6 is 27.3 Å². The Hall–Kier alpha value is -0.710. The second-order valence-electron chi connectivity index (χ2n) is 5.31. The zero-order chi connectivity index (χ0) is 14.1. The van der Waals surface area contributed by atoms with E-state index in [1.54, 1.807) is 6.07 Å². The summed E-state index contributed by atoms with van der Waals surface area (Å²) in [5.74, 6) is 0.688. The van der Waals surface area contributed by atoms with E-state index >= 15 is 0 Å². The molecule has 0 aliphatic carbocycles. The molecule has 106 valence electrons. The molecule has 1 saturated heterocycles. The maximum atomic E-state index is 13.5. The lowest BCUT2D eigenvalue weighted by Gasteiger charge is -2.32. The Morgan fingerprint density at radius 3 is 2.85 bits per heavy atom. The van der Waals surface area contributed by atoms with Crippen LogP contribution in [0.15, 0.2) is 34.8 Å². The van der Waals surface area contributed by atoms with Gasteiger partial charge in [0, 0.05) is 32.6 Å². The van der Waals surface area contributed by atoms with Gasteiger partial charge in [-0.3, -0.25) is 0 Å². The largest absolute Gasteiger partial charge is 0.316 e. The fourth-order valence-corrected chi connectivity index (χ4v) is 4.71. The Kier molecular flexibility index (Phi) is 4.24. The molecule has 2 aromatic rings. The number of thiophene rings is 1. The van der Waals surface area contributed by atoms with Crippen LogP contribution in [-0.4, -0.2) is 13.1 Å². The quantitative estimate of drug-likeness (QED) is 0.815. The summed E-state index contributed by atoms with van der Waals surface area (Å²) < 4.78 is 14.7. The molecule has 4 heteroatoms. The highest BCUT2D eigenvalue weighted by atomic mass is 79.9. The van der Waals surface area contributed by atoms with Gasteiger partial charge >= 0.3 is 0 Å². The van der Waals surface area contributed by atoms with E-state index in [0.29, 0.717) is 11.8 Å². The molecule has 0 spiro atoms. The van der Waals surface area contributed by atoms with Gasteiger partial charge in [-0.25, -0.2) is 4.39 Å². The predicted octanol–water partition coefficient (Wildman–Crippen LogP) is 4.82. The summed E-state index contributed by atoms with van der Waals surface area (Å²) in [4.78, 5) is 2.72. The monoisotopic (exact) mass is 353 g/mol. The molecular weight excluding hydrogens is 337 g/mol. The van der Waals surface area contributed by atoms with Crippen molar-refractivity contribution in [1.29, 1.82) is 0 Å². The van der Waals surface area contributed by atoms with E-state index in [1.165, 1.54) is 20.3 Å². The van der Waals surface area contributed by atoms with Gasteiger partial charge in [0.1, 0.15) is 5.82 Å². The minimum Gasteiger partial charge on any atom is -0.316 e. The molecule has 20 heavy (non-hydrogen) atoms. The van der Waals surface area contributed by atoms with Crippen molar-refractivity contribution in [1.82, 2.24) is 5.32 Å². The normalized spacial score (nSPS) is 22.9. The first-order valence-electron chi connectivity index (χ1n) is 6.87. The molecule has 2 atom stereocenters. The topological polar surface area (TPSA) is 12.0 Å². The first-order valence-corrected chi connectivity index (χ1v) is 8.48. The van der Waals surface area contributed by atoms with Crippen LogP contribution in [0.5, 0.6) is 0 Å². The van der Waals surface area contributed by atoms with Crippen LogP contribution in [0.4, 0.5) is 4.39 Å². The molecule has 1 fully saturated rings. The van der Waals surface area contributed by atoms with Crippen LogP contribution < -0.4 is 5.32 Å². The van der Waals surface area contributed by atoms with E-state index < -0.39 is 0 Å². The molecule has 1 aliphatic rings. The highest BCUT2D eigenvalue weighted by Crippen LogP contribution is 2.42. The lowest BCUT2D eigenvalue weighted by molar-refractivity contribution is 0.407. The van der Waals surface area contributed by atoms with Crippen molar-refractivity contribution in [2.75, 3.05) is 13.1 Å². The molecule has 3 rings (SSSR count). The molecule has 0 radical (unpaired) electrons. The van der Waals surface area contributed by atoms with Gasteiger partial charge < -0.3 is 5.32 Å². The second-order valence-corrected chi connectivity index (χ2v) is 7.46. The number of rotatable bonds is 2. The van der Waals surface area contributed by atoms with Gasteiger partial charge in [-0.05, 0) is 59.6 Å². The summed E-state index contributed by atoms with van der Waals surface area (Å²) >= 11 is 5.46. The Morgan fingerprint density at radius 1 is 1.30 bits per heavy atom. The van der Waals surface area contributed by atoms with Crippen LogP contribution in [0.3, 0.4) is 0 Å². The molecule has 1 nitrogen and oxygen atoms in total. The summed E-state index contributed by atoms with van der Waals surface area (Å²) in [6.45, 7) is 4.09. The summed E-state index contributed by atoms with van der Waals surface area (Å²) in [7, 11) is 0. The minimum atomic E-state index is -0.143. The van der Waals surface area contributed by atoms with Gasteiger partial charge in [0.05, 0.1) is 0 Å². The van der Waals surface area contributed by atoms with Gasteiger partial charge in [0.15, 0.2) is 0 Å². The van der Waals surface area contributed by atoms with Crippen LogP contribution in [0.25, 0.3) is 0 Å². The van der Waals surface area contributed by atoms with Crippen molar-refractivity contribution in [3.05, 3.63) is 55.9 Å². The van der Waals surface area contributed by atoms with Crippen LogP contribution in [0, 0.1) is 12.7 Å². The van der Waals surface area contributed by atoms with Gasteiger partial charge in [0.2, 0.25) is 0 Å².